The lowest BCUT2D eigenvalue weighted by atomic mass is 9.99. The molecule has 0 aliphatic carbocycles. The van der Waals surface area contributed by atoms with Gasteiger partial charge in [0.05, 0.1) is 17.2 Å². The van der Waals surface area contributed by atoms with Crippen LogP contribution in [0.1, 0.15) is 19.4 Å². The number of nitrogens with one attached hydrogen (secondary N) is 1. The van der Waals surface area contributed by atoms with Crippen LogP contribution in [0, 0.1) is 11.3 Å². The molecular formula is C15H19N3O2. The minimum absolute atomic E-state index is 0.0575. The van der Waals surface area contributed by atoms with Gasteiger partial charge in [-0.15, -0.1) is 0 Å². The van der Waals surface area contributed by atoms with Gasteiger partial charge in [0.2, 0.25) is 5.91 Å². The Kier molecular flexibility index (Phi) is 4.26. The standard InChI is InChI=1S/C15H19N3O2/c1-15(2)14(19)17-7-8-18(15)9-10-20-13-5-3-12(11-16)4-6-13/h3-6H,7-10H2,1-2H3,(H,17,19). The number of ether oxygens (including phenoxy) is 1. The first-order valence-corrected chi connectivity index (χ1v) is 6.70. The lowest BCUT2D eigenvalue weighted by Crippen LogP contribution is -2.62. The summed E-state index contributed by atoms with van der Waals surface area (Å²) in [6, 6.07) is 9.10. The van der Waals surface area contributed by atoms with Gasteiger partial charge in [0, 0.05) is 19.6 Å². The predicted molar refractivity (Wildman–Crippen MR) is 75.3 cm³/mol. The van der Waals surface area contributed by atoms with Crippen LogP contribution in [0.5, 0.6) is 5.75 Å². The zero-order valence-corrected chi connectivity index (χ0v) is 11.8. The SMILES string of the molecule is CC1(C)C(=O)NCCN1CCOc1ccc(C#N)cc1. The minimum Gasteiger partial charge on any atom is -0.492 e. The number of rotatable bonds is 4. The van der Waals surface area contributed by atoms with Crippen molar-refractivity contribution in [3.63, 3.8) is 0 Å². The summed E-state index contributed by atoms with van der Waals surface area (Å²) in [5.74, 6) is 0.797. The highest BCUT2D eigenvalue weighted by Gasteiger charge is 2.37. The molecule has 0 bridgehead atoms. The van der Waals surface area contributed by atoms with Crippen LogP contribution in [-0.2, 0) is 4.79 Å². The van der Waals surface area contributed by atoms with E-state index in [0.29, 0.717) is 25.3 Å². The fourth-order valence-electron chi connectivity index (χ4n) is 2.23. The molecular weight excluding hydrogens is 254 g/mol. The molecule has 20 heavy (non-hydrogen) atoms. The van der Waals surface area contributed by atoms with Gasteiger partial charge >= 0.3 is 0 Å². The number of benzene rings is 1. The molecule has 0 aromatic heterocycles. The van der Waals surface area contributed by atoms with Gasteiger partial charge in [-0.05, 0) is 38.1 Å². The van der Waals surface area contributed by atoms with Crippen LogP contribution in [-0.4, -0.2) is 42.6 Å². The number of carbonyl (C=O) groups is 1. The largest absolute Gasteiger partial charge is 0.492 e. The molecule has 1 aromatic carbocycles. The molecule has 1 fully saturated rings. The van der Waals surface area contributed by atoms with Crippen LogP contribution in [0.4, 0.5) is 0 Å². The molecule has 1 amide bonds. The van der Waals surface area contributed by atoms with Crippen LogP contribution in [0.15, 0.2) is 24.3 Å². The van der Waals surface area contributed by atoms with Gasteiger partial charge in [0.25, 0.3) is 0 Å². The maximum absolute atomic E-state index is 11.8. The number of hydrogen-bond acceptors (Lipinski definition) is 4. The van der Waals surface area contributed by atoms with Crippen molar-refractivity contribution in [1.82, 2.24) is 10.2 Å². The van der Waals surface area contributed by atoms with Crippen molar-refractivity contribution in [2.75, 3.05) is 26.2 Å². The van der Waals surface area contributed by atoms with Crippen molar-refractivity contribution in [3.8, 4) is 11.8 Å². The molecule has 1 aliphatic rings. The Labute approximate surface area is 119 Å². The van der Waals surface area contributed by atoms with E-state index in [1.165, 1.54) is 0 Å². The number of amides is 1. The van der Waals surface area contributed by atoms with Gasteiger partial charge in [0.1, 0.15) is 12.4 Å². The molecule has 2 rings (SSSR count). The molecule has 1 saturated heterocycles. The smallest absolute Gasteiger partial charge is 0.240 e. The molecule has 1 aromatic rings. The van der Waals surface area contributed by atoms with Crippen molar-refractivity contribution in [1.29, 1.82) is 5.26 Å². The second kappa shape index (κ2) is 5.93. The average molecular weight is 273 g/mol. The summed E-state index contributed by atoms with van der Waals surface area (Å²) in [6.45, 7) is 6.56. The zero-order valence-electron chi connectivity index (χ0n) is 11.8. The zero-order chi connectivity index (χ0) is 14.6. The van der Waals surface area contributed by atoms with Crippen LogP contribution >= 0.6 is 0 Å². The molecule has 0 saturated carbocycles. The average Bonchev–Trinajstić information content (AvgIpc) is 2.44. The van der Waals surface area contributed by atoms with E-state index in [4.69, 9.17) is 10.00 Å². The number of hydrogen-bond donors (Lipinski definition) is 1. The predicted octanol–water partition coefficient (Wildman–Crippen LogP) is 1.15. The minimum atomic E-state index is -0.494. The van der Waals surface area contributed by atoms with E-state index in [2.05, 4.69) is 16.3 Å². The second-order valence-electron chi connectivity index (χ2n) is 5.29. The summed E-state index contributed by atoms with van der Waals surface area (Å²) in [4.78, 5) is 13.9. The van der Waals surface area contributed by atoms with Crippen molar-refractivity contribution >= 4 is 5.91 Å². The van der Waals surface area contributed by atoms with Gasteiger partial charge in [-0.25, -0.2) is 0 Å². The molecule has 1 aliphatic heterocycles. The summed E-state index contributed by atoms with van der Waals surface area (Å²) >= 11 is 0. The van der Waals surface area contributed by atoms with Crippen molar-refractivity contribution < 1.29 is 9.53 Å². The number of carbonyl (C=O) groups excluding carboxylic acids is 1. The van der Waals surface area contributed by atoms with E-state index in [9.17, 15) is 4.79 Å². The molecule has 1 N–H and O–H groups in total. The second-order valence-corrected chi connectivity index (χ2v) is 5.29. The fourth-order valence-corrected chi connectivity index (χ4v) is 2.23. The van der Waals surface area contributed by atoms with E-state index < -0.39 is 5.54 Å². The number of nitrogens with zero attached hydrogens (tertiary/aromatic N) is 2. The van der Waals surface area contributed by atoms with E-state index in [0.717, 1.165) is 12.3 Å². The fraction of sp³-hybridized carbons (Fsp3) is 0.467. The van der Waals surface area contributed by atoms with E-state index in [-0.39, 0.29) is 5.91 Å². The topological polar surface area (TPSA) is 65.4 Å². The highest BCUT2D eigenvalue weighted by molar-refractivity contribution is 5.86. The Morgan fingerprint density at radius 3 is 2.75 bits per heavy atom. The maximum Gasteiger partial charge on any atom is 0.240 e. The first kappa shape index (κ1) is 14.4. The summed E-state index contributed by atoms with van der Waals surface area (Å²) in [6.07, 6.45) is 0. The van der Waals surface area contributed by atoms with Crippen LogP contribution in [0.2, 0.25) is 0 Å². The van der Waals surface area contributed by atoms with Crippen molar-refractivity contribution in [2.45, 2.75) is 19.4 Å². The third kappa shape index (κ3) is 3.09. The van der Waals surface area contributed by atoms with Gasteiger partial charge in [-0.2, -0.15) is 5.26 Å². The Morgan fingerprint density at radius 2 is 2.10 bits per heavy atom. The lowest BCUT2D eigenvalue weighted by Gasteiger charge is -2.41. The third-order valence-corrected chi connectivity index (χ3v) is 3.63. The third-order valence-electron chi connectivity index (χ3n) is 3.63. The lowest BCUT2D eigenvalue weighted by molar-refractivity contribution is -0.135. The Hall–Kier alpha value is -2.06. The van der Waals surface area contributed by atoms with Crippen molar-refractivity contribution in [2.24, 2.45) is 0 Å². The van der Waals surface area contributed by atoms with E-state index >= 15 is 0 Å². The maximum atomic E-state index is 11.8. The van der Waals surface area contributed by atoms with Gasteiger partial charge in [-0.1, -0.05) is 0 Å². The Bertz CT molecular complexity index is 517. The molecule has 106 valence electrons. The molecule has 0 spiro atoms. The first-order valence-electron chi connectivity index (χ1n) is 6.70. The Balaban J connectivity index is 1.86. The van der Waals surface area contributed by atoms with Gasteiger partial charge in [-0.3, -0.25) is 9.69 Å². The van der Waals surface area contributed by atoms with Crippen LogP contribution < -0.4 is 10.1 Å². The summed E-state index contributed by atoms with van der Waals surface area (Å²) in [5.41, 5.74) is 0.123. The molecule has 5 heteroatoms. The summed E-state index contributed by atoms with van der Waals surface area (Å²) in [7, 11) is 0. The van der Waals surface area contributed by atoms with Crippen molar-refractivity contribution in [3.05, 3.63) is 29.8 Å². The monoisotopic (exact) mass is 273 g/mol. The van der Waals surface area contributed by atoms with Gasteiger partial charge < -0.3 is 10.1 Å². The Morgan fingerprint density at radius 1 is 1.40 bits per heavy atom. The van der Waals surface area contributed by atoms with Gasteiger partial charge in [0.15, 0.2) is 0 Å². The molecule has 0 radical (unpaired) electrons. The van der Waals surface area contributed by atoms with Crippen LogP contribution in [0.25, 0.3) is 0 Å². The van der Waals surface area contributed by atoms with E-state index in [1.54, 1.807) is 24.3 Å². The molecule has 0 atom stereocenters. The molecule has 0 unspecified atom stereocenters. The van der Waals surface area contributed by atoms with E-state index in [1.807, 2.05) is 13.8 Å². The normalized spacial score (nSPS) is 18.1. The summed E-state index contributed by atoms with van der Waals surface area (Å²) in [5, 5.41) is 11.6. The molecule has 5 nitrogen and oxygen atoms in total. The number of nitriles is 1. The first-order chi connectivity index (χ1) is 9.54. The summed E-state index contributed by atoms with van der Waals surface area (Å²) < 4.78 is 5.65. The number of piperazine rings is 1. The quantitative estimate of drug-likeness (QED) is 0.893. The molecule has 1 heterocycles. The highest BCUT2D eigenvalue weighted by Crippen LogP contribution is 2.17. The van der Waals surface area contributed by atoms with Crippen LogP contribution in [0.3, 0.4) is 0 Å². The highest BCUT2D eigenvalue weighted by atomic mass is 16.5.